The molecule has 2 heterocycles. The summed E-state index contributed by atoms with van der Waals surface area (Å²) in [6.45, 7) is 5.55. The van der Waals surface area contributed by atoms with Gasteiger partial charge in [0.05, 0.1) is 5.39 Å². The fourth-order valence-corrected chi connectivity index (χ4v) is 3.50. The largest absolute Gasteiger partial charge is 0.451 e. The summed E-state index contributed by atoms with van der Waals surface area (Å²) in [6, 6.07) is 9.47. The molecule has 0 saturated carbocycles. The van der Waals surface area contributed by atoms with Crippen LogP contribution in [0.1, 0.15) is 34.9 Å². The Labute approximate surface area is 149 Å². The van der Waals surface area contributed by atoms with Gasteiger partial charge in [0.1, 0.15) is 4.83 Å². The van der Waals surface area contributed by atoms with Crippen molar-refractivity contribution in [2.45, 2.75) is 26.9 Å². The molecule has 3 rings (SSSR count). The van der Waals surface area contributed by atoms with Crippen molar-refractivity contribution in [2.75, 3.05) is 0 Å². The maximum Gasteiger partial charge on any atom is 0.331 e. The molecule has 0 saturated heterocycles. The molecule has 0 aliphatic heterocycles. The smallest absolute Gasteiger partial charge is 0.331 e. The molecule has 0 fully saturated rings. The van der Waals surface area contributed by atoms with Gasteiger partial charge in [0, 0.05) is 11.0 Å². The van der Waals surface area contributed by atoms with Gasteiger partial charge in [-0.1, -0.05) is 30.3 Å². The van der Waals surface area contributed by atoms with Crippen molar-refractivity contribution in [3.05, 3.63) is 68.6 Å². The third-order valence-electron chi connectivity index (χ3n) is 3.95. The first-order chi connectivity index (χ1) is 12.0. The third kappa shape index (κ3) is 3.69. The highest BCUT2D eigenvalue weighted by atomic mass is 32.1. The average Bonchev–Trinajstić information content (AvgIpc) is 2.88. The molecular formula is C19H18N2O3S. The summed E-state index contributed by atoms with van der Waals surface area (Å²) in [5.74, 6) is -0.141. The average molecular weight is 354 g/mol. The number of hydrogen-bond acceptors (Lipinski definition) is 5. The zero-order valence-corrected chi connectivity index (χ0v) is 15.0. The normalized spacial score (nSPS) is 12.6. The van der Waals surface area contributed by atoms with Crippen LogP contribution in [-0.2, 0) is 9.53 Å². The van der Waals surface area contributed by atoms with Gasteiger partial charge < -0.3 is 9.72 Å². The number of nitrogens with one attached hydrogen (secondary N) is 1. The van der Waals surface area contributed by atoms with E-state index >= 15 is 0 Å². The number of ether oxygens (including phenoxy) is 1. The number of H-pyrrole nitrogens is 1. The van der Waals surface area contributed by atoms with Gasteiger partial charge in [0.2, 0.25) is 0 Å². The minimum absolute atomic E-state index is 0.204. The molecule has 5 nitrogen and oxygen atoms in total. The van der Waals surface area contributed by atoms with Gasteiger partial charge in [-0.15, -0.1) is 11.3 Å². The van der Waals surface area contributed by atoms with Crippen molar-refractivity contribution in [2.24, 2.45) is 0 Å². The number of fused-ring (bicyclic) bond motifs is 1. The zero-order chi connectivity index (χ0) is 18.0. The number of benzene rings is 1. The Morgan fingerprint density at radius 3 is 2.72 bits per heavy atom. The van der Waals surface area contributed by atoms with Crippen LogP contribution in [0.3, 0.4) is 0 Å². The predicted octanol–water partition coefficient (Wildman–Crippen LogP) is 3.92. The van der Waals surface area contributed by atoms with Gasteiger partial charge in [-0.25, -0.2) is 9.78 Å². The summed E-state index contributed by atoms with van der Waals surface area (Å²) in [6.07, 6.45) is 2.40. The topological polar surface area (TPSA) is 72.0 Å². The summed E-state index contributed by atoms with van der Waals surface area (Å²) in [7, 11) is 0. The van der Waals surface area contributed by atoms with Crippen LogP contribution in [0.25, 0.3) is 16.3 Å². The second-order valence-corrected chi connectivity index (χ2v) is 6.94. The molecule has 3 aromatic rings. The molecule has 128 valence electrons. The number of aromatic nitrogens is 2. The minimum Gasteiger partial charge on any atom is -0.451 e. The molecular weight excluding hydrogens is 336 g/mol. The molecule has 0 aliphatic carbocycles. The molecule has 2 aromatic heterocycles. The maximum atomic E-state index is 12.3. The Morgan fingerprint density at radius 2 is 2.00 bits per heavy atom. The molecule has 25 heavy (non-hydrogen) atoms. The lowest BCUT2D eigenvalue weighted by Crippen LogP contribution is -2.16. The van der Waals surface area contributed by atoms with E-state index in [1.54, 1.807) is 13.0 Å². The second kappa shape index (κ2) is 7.03. The first-order valence-corrected chi connectivity index (χ1v) is 8.71. The first-order valence-electron chi connectivity index (χ1n) is 7.89. The summed E-state index contributed by atoms with van der Waals surface area (Å²) < 4.78 is 5.35. The van der Waals surface area contributed by atoms with Gasteiger partial charge >= 0.3 is 5.97 Å². The van der Waals surface area contributed by atoms with E-state index in [0.717, 1.165) is 16.0 Å². The summed E-state index contributed by atoms with van der Waals surface area (Å²) in [5.41, 5.74) is 1.64. The van der Waals surface area contributed by atoms with Crippen LogP contribution in [0.2, 0.25) is 0 Å². The molecule has 0 unspecified atom stereocenters. The van der Waals surface area contributed by atoms with Gasteiger partial charge in [-0.3, -0.25) is 4.79 Å². The van der Waals surface area contributed by atoms with E-state index in [4.69, 9.17) is 4.74 Å². The molecule has 0 spiro atoms. The van der Waals surface area contributed by atoms with Crippen molar-refractivity contribution in [1.29, 1.82) is 0 Å². The van der Waals surface area contributed by atoms with Crippen LogP contribution in [0.15, 0.2) is 41.2 Å². The Balaban J connectivity index is 1.78. The fraction of sp³-hybridized carbons (Fsp3) is 0.211. The van der Waals surface area contributed by atoms with E-state index in [2.05, 4.69) is 9.97 Å². The number of esters is 1. The lowest BCUT2D eigenvalue weighted by atomic mass is 10.2. The molecule has 6 heteroatoms. The predicted molar refractivity (Wildman–Crippen MR) is 99.7 cm³/mol. The number of nitrogens with zero attached hydrogens (tertiary/aromatic N) is 1. The SMILES string of the molecule is Cc1sc2nc([C@H](C)OC(=O)/C=C/c3ccccc3)[nH]c(=O)c2c1C. The van der Waals surface area contributed by atoms with Gasteiger partial charge in [-0.05, 0) is 38.0 Å². The maximum absolute atomic E-state index is 12.3. The zero-order valence-electron chi connectivity index (χ0n) is 14.2. The van der Waals surface area contributed by atoms with Crippen molar-refractivity contribution in [3.63, 3.8) is 0 Å². The Bertz CT molecular complexity index is 1000. The van der Waals surface area contributed by atoms with Crippen molar-refractivity contribution in [1.82, 2.24) is 9.97 Å². The number of carbonyl (C=O) groups is 1. The number of aromatic amines is 1. The fourth-order valence-electron chi connectivity index (χ4n) is 2.46. The van der Waals surface area contributed by atoms with Gasteiger partial charge in [0.15, 0.2) is 11.9 Å². The van der Waals surface area contributed by atoms with Crippen molar-refractivity contribution >= 4 is 33.6 Å². The Hall–Kier alpha value is -2.73. The second-order valence-electron chi connectivity index (χ2n) is 5.74. The van der Waals surface area contributed by atoms with E-state index < -0.39 is 12.1 Å². The molecule has 0 bridgehead atoms. The summed E-state index contributed by atoms with van der Waals surface area (Å²) in [5, 5.41) is 0.605. The number of thiophene rings is 1. The molecule has 0 radical (unpaired) electrons. The highest BCUT2D eigenvalue weighted by molar-refractivity contribution is 7.18. The highest BCUT2D eigenvalue weighted by Crippen LogP contribution is 2.26. The number of hydrogen-bond donors (Lipinski definition) is 1. The number of carbonyl (C=O) groups excluding carboxylic acids is 1. The van der Waals surface area contributed by atoms with Crippen LogP contribution in [-0.4, -0.2) is 15.9 Å². The highest BCUT2D eigenvalue weighted by Gasteiger charge is 2.17. The third-order valence-corrected chi connectivity index (χ3v) is 5.05. The van der Waals surface area contributed by atoms with Gasteiger partial charge in [-0.2, -0.15) is 0 Å². The Kier molecular flexibility index (Phi) is 4.81. The van der Waals surface area contributed by atoms with Crippen LogP contribution < -0.4 is 5.56 Å². The molecule has 0 aliphatic rings. The van der Waals surface area contributed by atoms with Gasteiger partial charge in [0.25, 0.3) is 5.56 Å². The minimum atomic E-state index is -0.646. The van der Waals surface area contributed by atoms with Crippen LogP contribution in [0.4, 0.5) is 0 Å². The van der Waals surface area contributed by atoms with Crippen molar-refractivity contribution in [3.8, 4) is 0 Å². The molecule has 0 amide bonds. The molecule has 1 N–H and O–H groups in total. The molecule has 1 atom stereocenters. The molecule has 1 aromatic carbocycles. The van der Waals surface area contributed by atoms with E-state index in [-0.39, 0.29) is 5.56 Å². The van der Waals surface area contributed by atoms with Crippen LogP contribution in [0, 0.1) is 13.8 Å². The monoisotopic (exact) mass is 354 g/mol. The summed E-state index contributed by atoms with van der Waals surface area (Å²) >= 11 is 1.47. The Morgan fingerprint density at radius 1 is 1.28 bits per heavy atom. The lowest BCUT2D eigenvalue weighted by Gasteiger charge is -2.11. The number of rotatable bonds is 4. The first kappa shape index (κ1) is 17.1. The van der Waals surface area contributed by atoms with E-state index in [0.29, 0.717) is 16.0 Å². The summed E-state index contributed by atoms with van der Waals surface area (Å²) in [4.78, 5) is 33.2. The van der Waals surface area contributed by atoms with Crippen LogP contribution >= 0.6 is 11.3 Å². The van der Waals surface area contributed by atoms with E-state index in [9.17, 15) is 9.59 Å². The number of aryl methyl sites for hydroxylation is 2. The lowest BCUT2D eigenvalue weighted by molar-refractivity contribution is -0.142. The van der Waals surface area contributed by atoms with E-state index in [1.165, 1.54) is 17.4 Å². The van der Waals surface area contributed by atoms with E-state index in [1.807, 2.05) is 44.2 Å². The quantitative estimate of drug-likeness (QED) is 0.569. The van der Waals surface area contributed by atoms with Crippen molar-refractivity contribution < 1.29 is 9.53 Å². The standard InChI is InChI=1S/C19H18N2O3S/c1-11-13(3)25-19-16(11)18(23)20-17(21-19)12(2)24-15(22)10-9-14-7-5-4-6-8-14/h4-10,12H,1-3H3,(H,20,21,23)/b10-9+/t12-/m0/s1. The van der Waals surface area contributed by atoms with Crippen LogP contribution in [0.5, 0.6) is 0 Å².